The smallest absolute Gasteiger partial charge is 0.410 e. The van der Waals surface area contributed by atoms with E-state index in [4.69, 9.17) is 16.3 Å². The van der Waals surface area contributed by atoms with Gasteiger partial charge >= 0.3 is 6.09 Å². The Morgan fingerprint density at radius 2 is 1.86 bits per heavy atom. The number of hydrogen-bond donors (Lipinski definition) is 0. The molecule has 1 amide bonds. The number of nitrogens with zero attached hydrogens (tertiary/aromatic N) is 3. The highest BCUT2D eigenvalue weighted by Crippen LogP contribution is 2.20. The quantitative estimate of drug-likeness (QED) is 0.796. The number of ether oxygens (including phenoxy) is 1. The topological polar surface area (TPSA) is 55.3 Å². The van der Waals surface area contributed by atoms with Crippen molar-refractivity contribution in [2.75, 3.05) is 13.1 Å². The van der Waals surface area contributed by atoms with Crippen molar-refractivity contribution in [1.82, 2.24) is 14.9 Å². The van der Waals surface area contributed by atoms with Gasteiger partial charge in [-0.05, 0) is 39.7 Å². The Bertz CT molecular complexity index is 525. The Balaban J connectivity index is 1.91. The number of rotatable bonds is 1. The van der Waals surface area contributed by atoms with Crippen molar-refractivity contribution in [1.29, 1.82) is 0 Å². The molecule has 0 aliphatic carbocycles. The predicted molar refractivity (Wildman–Crippen MR) is 82.1 cm³/mol. The number of amides is 1. The Labute approximate surface area is 130 Å². The predicted octanol–water partition coefficient (Wildman–Crippen LogP) is 3.54. The van der Waals surface area contributed by atoms with Crippen molar-refractivity contribution in [3.05, 3.63) is 28.8 Å². The van der Waals surface area contributed by atoms with Crippen LogP contribution in [0.15, 0.2) is 18.0 Å². The summed E-state index contributed by atoms with van der Waals surface area (Å²) in [4.78, 5) is 22.0. The van der Waals surface area contributed by atoms with Crippen molar-refractivity contribution in [3.63, 3.8) is 0 Å². The van der Waals surface area contributed by atoms with Gasteiger partial charge in [-0.15, -0.1) is 0 Å². The number of hydrogen-bond acceptors (Lipinski definition) is 4. The Morgan fingerprint density at radius 3 is 2.38 bits per heavy atom. The largest absolute Gasteiger partial charge is 0.444 e. The normalized spacial score (nSPS) is 15.8. The zero-order chi connectivity index (χ0) is 15.5. The lowest BCUT2D eigenvalue weighted by molar-refractivity contribution is 0.0237. The van der Waals surface area contributed by atoms with Crippen LogP contribution in [0.3, 0.4) is 0 Å². The van der Waals surface area contributed by atoms with Crippen LogP contribution in [0.4, 0.5) is 4.79 Å². The molecule has 0 bridgehead atoms. The summed E-state index contributed by atoms with van der Waals surface area (Å²) in [7, 11) is 0. The fourth-order valence-corrected chi connectivity index (χ4v) is 2.12. The second-order valence-electron chi connectivity index (χ2n) is 6.03. The van der Waals surface area contributed by atoms with E-state index in [2.05, 4.69) is 9.97 Å². The molecule has 1 aromatic rings. The molecule has 1 saturated heterocycles. The third-order valence-corrected chi connectivity index (χ3v) is 3.23. The molecule has 2 heterocycles. The first-order valence-corrected chi connectivity index (χ1v) is 7.36. The average Bonchev–Trinajstić information content (AvgIpc) is 2.40. The van der Waals surface area contributed by atoms with E-state index in [1.807, 2.05) is 26.8 Å². The third-order valence-electron chi connectivity index (χ3n) is 3.03. The van der Waals surface area contributed by atoms with E-state index in [0.717, 1.165) is 12.8 Å². The van der Waals surface area contributed by atoms with Gasteiger partial charge in [-0.25, -0.2) is 14.8 Å². The van der Waals surface area contributed by atoms with Crippen LogP contribution in [0.5, 0.6) is 0 Å². The Morgan fingerprint density at radius 1 is 1.29 bits per heavy atom. The standard InChI is InChI=1S/C15H20ClN3O2/c1-15(2,3)21-14(20)19-6-4-11(5-7-19)8-13-17-9-12(16)10-18-13/h8-10H,4-7H2,1-3H3. The van der Waals surface area contributed by atoms with Gasteiger partial charge in [0.25, 0.3) is 0 Å². The van der Waals surface area contributed by atoms with E-state index < -0.39 is 5.60 Å². The highest BCUT2D eigenvalue weighted by molar-refractivity contribution is 6.30. The zero-order valence-electron chi connectivity index (χ0n) is 12.6. The van der Waals surface area contributed by atoms with Crippen molar-refractivity contribution in [2.45, 2.75) is 39.2 Å². The molecule has 21 heavy (non-hydrogen) atoms. The van der Waals surface area contributed by atoms with Crippen LogP contribution in [0.25, 0.3) is 6.08 Å². The lowest BCUT2D eigenvalue weighted by Gasteiger charge is -2.30. The molecule has 114 valence electrons. The van der Waals surface area contributed by atoms with Crippen LogP contribution in [0, 0.1) is 0 Å². The Kier molecular flexibility index (Phi) is 4.83. The van der Waals surface area contributed by atoms with Gasteiger partial charge in [-0.2, -0.15) is 0 Å². The fraction of sp³-hybridized carbons (Fsp3) is 0.533. The number of carbonyl (C=O) groups is 1. The molecule has 6 heteroatoms. The SMILES string of the molecule is CC(C)(C)OC(=O)N1CCC(=Cc2ncc(Cl)cn2)CC1. The van der Waals surface area contributed by atoms with Gasteiger partial charge < -0.3 is 9.64 Å². The molecule has 0 saturated carbocycles. The molecule has 0 unspecified atom stereocenters. The van der Waals surface area contributed by atoms with Crippen molar-refractivity contribution >= 4 is 23.8 Å². The molecular weight excluding hydrogens is 290 g/mol. The first-order chi connectivity index (χ1) is 9.83. The molecule has 1 aromatic heterocycles. The van der Waals surface area contributed by atoms with Gasteiger partial charge in [0.15, 0.2) is 5.82 Å². The van der Waals surface area contributed by atoms with Crippen LogP contribution in [0.2, 0.25) is 5.02 Å². The van der Waals surface area contributed by atoms with E-state index in [0.29, 0.717) is 23.9 Å². The monoisotopic (exact) mass is 309 g/mol. The van der Waals surface area contributed by atoms with Gasteiger partial charge in [0, 0.05) is 25.5 Å². The minimum absolute atomic E-state index is 0.246. The molecule has 1 aliphatic heterocycles. The highest BCUT2D eigenvalue weighted by Gasteiger charge is 2.24. The summed E-state index contributed by atoms with van der Waals surface area (Å²) in [5.74, 6) is 0.653. The lowest BCUT2D eigenvalue weighted by atomic mass is 10.0. The zero-order valence-corrected chi connectivity index (χ0v) is 13.4. The van der Waals surface area contributed by atoms with Gasteiger partial charge in [-0.3, -0.25) is 0 Å². The first-order valence-electron chi connectivity index (χ1n) is 6.98. The van der Waals surface area contributed by atoms with Crippen LogP contribution in [-0.4, -0.2) is 39.7 Å². The molecule has 1 aliphatic rings. The molecule has 2 rings (SSSR count). The van der Waals surface area contributed by atoms with Crippen molar-refractivity contribution in [3.8, 4) is 0 Å². The summed E-state index contributed by atoms with van der Waals surface area (Å²) < 4.78 is 5.37. The van der Waals surface area contributed by atoms with Crippen molar-refractivity contribution in [2.24, 2.45) is 0 Å². The van der Waals surface area contributed by atoms with Crippen LogP contribution >= 0.6 is 11.6 Å². The van der Waals surface area contributed by atoms with E-state index in [-0.39, 0.29) is 6.09 Å². The first kappa shape index (κ1) is 15.8. The summed E-state index contributed by atoms with van der Waals surface area (Å²) in [6.45, 7) is 6.94. The van der Waals surface area contributed by atoms with E-state index in [9.17, 15) is 4.79 Å². The van der Waals surface area contributed by atoms with Gasteiger partial charge in [0.1, 0.15) is 5.60 Å². The minimum atomic E-state index is -0.454. The average molecular weight is 310 g/mol. The van der Waals surface area contributed by atoms with E-state index >= 15 is 0 Å². The summed E-state index contributed by atoms with van der Waals surface area (Å²) in [5, 5.41) is 0.525. The molecular formula is C15H20ClN3O2. The number of likely N-dealkylation sites (tertiary alicyclic amines) is 1. The lowest BCUT2D eigenvalue weighted by Crippen LogP contribution is -2.40. The fourth-order valence-electron chi connectivity index (χ4n) is 2.03. The second kappa shape index (κ2) is 6.43. The van der Waals surface area contributed by atoms with Gasteiger partial charge in [0.2, 0.25) is 0 Å². The number of carbonyl (C=O) groups excluding carboxylic acids is 1. The highest BCUT2D eigenvalue weighted by atomic mass is 35.5. The van der Waals surface area contributed by atoms with Crippen LogP contribution in [0.1, 0.15) is 39.4 Å². The molecule has 5 nitrogen and oxygen atoms in total. The van der Waals surface area contributed by atoms with Gasteiger partial charge in [-0.1, -0.05) is 17.2 Å². The molecule has 0 aromatic carbocycles. The van der Waals surface area contributed by atoms with Crippen LogP contribution < -0.4 is 0 Å². The second-order valence-corrected chi connectivity index (χ2v) is 6.47. The molecule has 0 spiro atoms. The maximum absolute atomic E-state index is 12.0. The third kappa shape index (κ3) is 5.01. The summed E-state index contributed by atoms with van der Waals surface area (Å²) in [5.41, 5.74) is 0.779. The Hall–Kier alpha value is -1.62. The number of aromatic nitrogens is 2. The molecule has 0 radical (unpaired) electrons. The van der Waals surface area contributed by atoms with E-state index in [1.165, 1.54) is 5.57 Å². The number of halogens is 1. The number of piperidine rings is 1. The van der Waals surface area contributed by atoms with Gasteiger partial charge in [0.05, 0.1) is 5.02 Å². The summed E-state index contributed by atoms with van der Waals surface area (Å²) >= 11 is 5.76. The molecule has 1 fully saturated rings. The summed E-state index contributed by atoms with van der Waals surface area (Å²) in [6.07, 6.45) is 6.50. The van der Waals surface area contributed by atoms with Crippen molar-refractivity contribution < 1.29 is 9.53 Å². The molecule has 0 atom stereocenters. The van der Waals surface area contributed by atoms with Crippen LogP contribution in [-0.2, 0) is 4.74 Å². The minimum Gasteiger partial charge on any atom is -0.444 e. The maximum atomic E-state index is 12.0. The van der Waals surface area contributed by atoms with E-state index in [1.54, 1.807) is 17.3 Å². The summed E-state index contributed by atoms with van der Waals surface area (Å²) in [6, 6.07) is 0. The molecule has 0 N–H and O–H groups in total. The maximum Gasteiger partial charge on any atom is 0.410 e.